The Balaban J connectivity index is 1.42. The number of guanidine groups is 2. The van der Waals surface area contributed by atoms with Crippen LogP contribution >= 0.6 is 0 Å². The van der Waals surface area contributed by atoms with Crippen LogP contribution in [0.25, 0.3) is 5.57 Å². The lowest BCUT2D eigenvalue weighted by Gasteiger charge is -2.30. The lowest BCUT2D eigenvalue weighted by atomic mass is 9.98. The fraction of sp³-hybridized carbons (Fsp3) is 0.500. The number of nitrogens with zero attached hydrogens (tertiary/aromatic N) is 4. The summed E-state index contributed by atoms with van der Waals surface area (Å²) in [7, 11) is 0. The standard InChI is InChI=1S/C42H57N7O9/c1-39(2,3)55-35(51)44-33(45-36(52)56-40(4,5)6)48-21-19-27(20-22-48)26-13-15-28(16-14-26)32(50)43-31-18-17-29-24-49(25-30(29)23-31)34(46-37(53)57-41(7,8)9)47-38(54)58-42(10,11)12/h13-19,23H,20-22,24-25H2,1-12H3,(H,43,50)(H,44,45,51,52)(H,46,47,53,54). The lowest BCUT2D eigenvalue weighted by molar-refractivity contribution is 0.0536. The highest BCUT2D eigenvalue weighted by Crippen LogP contribution is 2.28. The first-order valence-electron chi connectivity index (χ1n) is 19.1. The van der Waals surface area contributed by atoms with E-state index in [4.69, 9.17) is 18.9 Å². The minimum absolute atomic E-state index is 0.0157. The Hall–Kier alpha value is -5.93. The minimum atomic E-state index is -0.860. The second-order valence-electron chi connectivity index (χ2n) is 17.9. The highest BCUT2D eigenvalue weighted by Gasteiger charge is 2.29. The summed E-state index contributed by atoms with van der Waals surface area (Å²) >= 11 is 0. The first-order valence-corrected chi connectivity index (χ1v) is 19.1. The lowest BCUT2D eigenvalue weighted by Crippen LogP contribution is -2.48. The Kier molecular flexibility index (Phi) is 13.7. The number of hydrogen-bond acceptors (Lipinski definition) is 9. The number of aliphatic imine (C=N–C) groups is 2. The molecule has 3 N–H and O–H groups in total. The van der Waals surface area contributed by atoms with Crippen molar-refractivity contribution in [2.45, 2.75) is 125 Å². The summed E-state index contributed by atoms with van der Waals surface area (Å²) in [6.07, 6.45) is -0.666. The van der Waals surface area contributed by atoms with E-state index in [1.165, 1.54) is 0 Å². The number of rotatable bonds is 3. The largest absolute Gasteiger partial charge is 0.444 e. The van der Waals surface area contributed by atoms with Crippen LogP contribution in [0.5, 0.6) is 0 Å². The quantitative estimate of drug-likeness (QED) is 0.155. The molecule has 0 atom stereocenters. The molecule has 0 fully saturated rings. The molecule has 5 amide bonds. The topological polar surface area (TPSA) is 190 Å². The fourth-order valence-corrected chi connectivity index (χ4v) is 5.67. The van der Waals surface area contributed by atoms with Gasteiger partial charge in [-0.3, -0.25) is 15.4 Å². The third-order valence-corrected chi connectivity index (χ3v) is 7.92. The summed E-state index contributed by atoms with van der Waals surface area (Å²) in [5.74, 6) is -0.296. The molecule has 0 bridgehead atoms. The van der Waals surface area contributed by atoms with Gasteiger partial charge in [-0.2, -0.15) is 0 Å². The summed E-state index contributed by atoms with van der Waals surface area (Å²) in [6.45, 7) is 22.2. The van der Waals surface area contributed by atoms with Crippen LogP contribution < -0.4 is 16.0 Å². The first-order chi connectivity index (χ1) is 26.7. The van der Waals surface area contributed by atoms with Crippen molar-refractivity contribution in [3.63, 3.8) is 0 Å². The van der Waals surface area contributed by atoms with E-state index < -0.39 is 46.8 Å². The normalized spacial score (nSPS) is 15.1. The van der Waals surface area contributed by atoms with E-state index in [0.29, 0.717) is 43.9 Å². The molecule has 0 saturated carbocycles. The summed E-state index contributed by atoms with van der Waals surface area (Å²) in [4.78, 5) is 75.4. The van der Waals surface area contributed by atoms with Crippen molar-refractivity contribution in [2.24, 2.45) is 9.98 Å². The molecule has 0 unspecified atom stereocenters. The number of fused-ring (bicyclic) bond motifs is 1. The summed E-state index contributed by atoms with van der Waals surface area (Å²) < 4.78 is 21.5. The van der Waals surface area contributed by atoms with Crippen LogP contribution in [0.1, 0.15) is 117 Å². The van der Waals surface area contributed by atoms with Crippen LogP contribution in [0, 0.1) is 0 Å². The van der Waals surface area contributed by atoms with Crippen molar-refractivity contribution in [1.82, 2.24) is 20.4 Å². The maximum atomic E-state index is 13.3. The highest BCUT2D eigenvalue weighted by molar-refractivity contribution is 6.05. The highest BCUT2D eigenvalue weighted by atomic mass is 16.6. The van der Waals surface area contributed by atoms with Crippen LogP contribution in [-0.2, 0) is 32.0 Å². The molecule has 2 aromatic rings. The zero-order valence-electron chi connectivity index (χ0n) is 35.6. The maximum absolute atomic E-state index is 13.3. The van der Waals surface area contributed by atoms with E-state index >= 15 is 0 Å². The third-order valence-electron chi connectivity index (χ3n) is 7.92. The predicted octanol–water partition coefficient (Wildman–Crippen LogP) is 7.98. The third kappa shape index (κ3) is 14.5. The molecule has 0 spiro atoms. The molecule has 0 aliphatic carbocycles. The van der Waals surface area contributed by atoms with Gasteiger partial charge in [0.05, 0.1) is 0 Å². The molecule has 2 aliphatic rings. The Bertz CT molecular complexity index is 1980. The molecule has 2 heterocycles. The second-order valence-corrected chi connectivity index (χ2v) is 17.9. The van der Waals surface area contributed by atoms with Crippen LogP contribution in [0.4, 0.5) is 24.9 Å². The van der Waals surface area contributed by atoms with Crippen LogP contribution in [-0.4, -0.2) is 87.5 Å². The van der Waals surface area contributed by atoms with E-state index in [9.17, 15) is 24.0 Å². The van der Waals surface area contributed by atoms with E-state index in [-0.39, 0.29) is 17.8 Å². The van der Waals surface area contributed by atoms with Gasteiger partial charge in [-0.25, -0.2) is 19.2 Å². The first kappa shape index (κ1) is 44.8. The summed E-state index contributed by atoms with van der Waals surface area (Å²) in [5, 5.41) is 8.15. The maximum Gasteiger partial charge on any atom is 0.437 e. The van der Waals surface area contributed by atoms with Crippen molar-refractivity contribution >= 4 is 53.5 Å². The summed E-state index contributed by atoms with van der Waals surface area (Å²) in [6, 6.07) is 12.7. The molecule has 0 saturated heterocycles. The molecule has 2 aromatic carbocycles. The second kappa shape index (κ2) is 17.7. The van der Waals surface area contributed by atoms with E-state index in [1.807, 2.05) is 30.3 Å². The SMILES string of the molecule is CC(C)(C)OC(=O)N=C(NC(=O)OC(C)(C)C)N1CC=C(c2ccc(C(=O)Nc3ccc4c(c3)CN(C(=NC(=O)OC(C)(C)C)NC(=O)OC(C)(C)C)C4)cc2)CC1. The van der Waals surface area contributed by atoms with Gasteiger partial charge in [-0.1, -0.05) is 24.3 Å². The Morgan fingerprint density at radius 1 is 0.603 bits per heavy atom. The number of anilines is 1. The van der Waals surface area contributed by atoms with Crippen molar-refractivity contribution in [3.05, 3.63) is 70.8 Å². The molecule has 4 rings (SSSR count). The molecule has 2 aliphatic heterocycles. The van der Waals surface area contributed by atoms with E-state index in [0.717, 1.165) is 22.3 Å². The van der Waals surface area contributed by atoms with Gasteiger partial charge in [-0.05, 0) is 136 Å². The van der Waals surface area contributed by atoms with Gasteiger partial charge < -0.3 is 34.1 Å². The molecular weight excluding hydrogens is 747 g/mol. The number of benzene rings is 2. The number of amides is 5. The van der Waals surface area contributed by atoms with Gasteiger partial charge in [0.15, 0.2) is 0 Å². The van der Waals surface area contributed by atoms with Gasteiger partial charge in [0.25, 0.3) is 5.91 Å². The smallest absolute Gasteiger partial charge is 0.437 e. The molecule has 314 valence electrons. The van der Waals surface area contributed by atoms with Crippen LogP contribution in [0.3, 0.4) is 0 Å². The molecule has 0 radical (unpaired) electrons. The van der Waals surface area contributed by atoms with Crippen molar-refractivity contribution in [3.8, 4) is 0 Å². The van der Waals surface area contributed by atoms with Gasteiger partial charge in [-0.15, -0.1) is 9.98 Å². The zero-order valence-corrected chi connectivity index (χ0v) is 35.6. The number of carbonyl (C=O) groups is 5. The summed E-state index contributed by atoms with van der Waals surface area (Å²) in [5.41, 5.74) is 1.68. The van der Waals surface area contributed by atoms with Gasteiger partial charge in [0.2, 0.25) is 11.9 Å². The molecule has 16 nitrogen and oxygen atoms in total. The number of alkyl carbamates (subject to hydrolysis) is 2. The van der Waals surface area contributed by atoms with Crippen LogP contribution in [0.15, 0.2) is 58.5 Å². The average molecular weight is 804 g/mol. The molecule has 58 heavy (non-hydrogen) atoms. The van der Waals surface area contributed by atoms with Gasteiger partial charge in [0, 0.05) is 37.4 Å². The Labute approximate surface area is 340 Å². The Morgan fingerprint density at radius 3 is 1.55 bits per heavy atom. The Morgan fingerprint density at radius 2 is 1.09 bits per heavy atom. The zero-order chi connectivity index (χ0) is 43.2. The number of nitrogens with one attached hydrogen (secondary N) is 3. The number of carbonyl (C=O) groups excluding carboxylic acids is 5. The number of hydrogen-bond donors (Lipinski definition) is 3. The van der Waals surface area contributed by atoms with Crippen molar-refractivity contribution in [2.75, 3.05) is 18.4 Å². The van der Waals surface area contributed by atoms with Crippen molar-refractivity contribution < 1.29 is 42.9 Å². The molecule has 0 aromatic heterocycles. The van der Waals surface area contributed by atoms with Gasteiger partial charge in [0.1, 0.15) is 22.4 Å². The molecular formula is C42H57N7O9. The van der Waals surface area contributed by atoms with E-state index in [1.54, 1.807) is 111 Å². The molecule has 16 heteroatoms. The van der Waals surface area contributed by atoms with E-state index in [2.05, 4.69) is 25.9 Å². The monoisotopic (exact) mass is 803 g/mol. The van der Waals surface area contributed by atoms with Gasteiger partial charge >= 0.3 is 24.4 Å². The number of ether oxygens (including phenoxy) is 4. The minimum Gasteiger partial charge on any atom is -0.444 e. The predicted molar refractivity (Wildman–Crippen MR) is 220 cm³/mol. The van der Waals surface area contributed by atoms with Crippen molar-refractivity contribution in [1.29, 1.82) is 0 Å². The fourth-order valence-electron chi connectivity index (χ4n) is 5.67. The van der Waals surface area contributed by atoms with Crippen LogP contribution in [0.2, 0.25) is 0 Å². The average Bonchev–Trinajstić information content (AvgIpc) is 3.48.